The molecule has 33 heavy (non-hydrogen) atoms. The van der Waals surface area contributed by atoms with Crippen LogP contribution in [0.1, 0.15) is 55.6 Å². The summed E-state index contributed by atoms with van der Waals surface area (Å²) in [5.74, 6) is 0.751. The number of nitrogens with zero attached hydrogens (tertiary/aromatic N) is 7. The van der Waals surface area contributed by atoms with Gasteiger partial charge in [-0.15, -0.1) is 0 Å². The van der Waals surface area contributed by atoms with Crippen LogP contribution >= 0.6 is 0 Å². The number of piperidine rings is 1. The van der Waals surface area contributed by atoms with Crippen molar-refractivity contribution < 1.29 is 9.53 Å². The number of benzene rings is 1. The van der Waals surface area contributed by atoms with Gasteiger partial charge in [-0.25, -0.2) is 9.97 Å². The van der Waals surface area contributed by atoms with Crippen LogP contribution in [0.25, 0.3) is 11.3 Å². The molecule has 9 heteroatoms. The SMILES string of the molecule is CC(C)c1cn2ccnc(O[C@@H]3CC[C@@H](C)N(C(=O)c4ccccc4-n4nccn4)C3)c2n1. The fourth-order valence-corrected chi connectivity index (χ4v) is 4.21. The summed E-state index contributed by atoms with van der Waals surface area (Å²) < 4.78 is 8.25. The Bertz CT molecular complexity index is 1270. The lowest BCUT2D eigenvalue weighted by atomic mass is 9.99. The largest absolute Gasteiger partial charge is 0.470 e. The molecule has 0 saturated carbocycles. The molecule has 4 heterocycles. The number of aromatic nitrogens is 6. The number of fused-ring (bicyclic) bond motifs is 1. The Morgan fingerprint density at radius 3 is 2.70 bits per heavy atom. The Balaban J connectivity index is 1.39. The molecule has 1 saturated heterocycles. The van der Waals surface area contributed by atoms with Gasteiger partial charge < -0.3 is 14.0 Å². The van der Waals surface area contributed by atoms with Crippen LogP contribution in [0.15, 0.2) is 55.2 Å². The summed E-state index contributed by atoms with van der Waals surface area (Å²) >= 11 is 0. The van der Waals surface area contributed by atoms with Gasteiger partial charge in [0.15, 0.2) is 0 Å². The molecule has 0 unspecified atom stereocenters. The number of amides is 1. The second-order valence-electron chi connectivity index (χ2n) is 8.74. The summed E-state index contributed by atoms with van der Waals surface area (Å²) in [6, 6.07) is 7.50. The van der Waals surface area contributed by atoms with E-state index in [-0.39, 0.29) is 18.1 Å². The predicted octanol–water partition coefficient (Wildman–Crippen LogP) is 3.51. The van der Waals surface area contributed by atoms with E-state index in [4.69, 9.17) is 9.72 Å². The van der Waals surface area contributed by atoms with E-state index in [2.05, 4.69) is 36.0 Å². The van der Waals surface area contributed by atoms with Gasteiger partial charge in [-0.2, -0.15) is 15.0 Å². The maximum atomic E-state index is 13.6. The zero-order chi connectivity index (χ0) is 22.9. The molecule has 1 aliphatic heterocycles. The Morgan fingerprint density at radius 1 is 1.12 bits per heavy atom. The second-order valence-corrected chi connectivity index (χ2v) is 8.74. The van der Waals surface area contributed by atoms with Crippen LogP contribution in [0.2, 0.25) is 0 Å². The summed E-state index contributed by atoms with van der Waals surface area (Å²) in [4.78, 5) is 26.1. The van der Waals surface area contributed by atoms with Gasteiger partial charge in [0.05, 0.1) is 35.9 Å². The van der Waals surface area contributed by atoms with Gasteiger partial charge in [-0.1, -0.05) is 26.0 Å². The van der Waals surface area contributed by atoms with Gasteiger partial charge in [0.1, 0.15) is 6.10 Å². The highest BCUT2D eigenvalue weighted by molar-refractivity contribution is 5.98. The van der Waals surface area contributed by atoms with Crippen LogP contribution in [0.5, 0.6) is 5.88 Å². The van der Waals surface area contributed by atoms with E-state index >= 15 is 0 Å². The van der Waals surface area contributed by atoms with Gasteiger partial charge in [-0.3, -0.25) is 4.79 Å². The smallest absolute Gasteiger partial charge is 0.258 e. The number of likely N-dealkylation sites (tertiary alicyclic amines) is 1. The number of imidazole rings is 1. The average molecular weight is 446 g/mol. The van der Waals surface area contributed by atoms with Crippen molar-refractivity contribution in [2.24, 2.45) is 0 Å². The van der Waals surface area contributed by atoms with Crippen LogP contribution in [0.3, 0.4) is 0 Å². The normalized spacial score (nSPS) is 18.7. The maximum absolute atomic E-state index is 13.6. The van der Waals surface area contributed by atoms with E-state index in [1.165, 1.54) is 4.80 Å². The van der Waals surface area contributed by atoms with Gasteiger partial charge in [0.25, 0.3) is 11.8 Å². The first-order chi connectivity index (χ1) is 16.0. The minimum atomic E-state index is -0.168. The summed E-state index contributed by atoms with van der Waals surface area (Å²) in [7, 11) is 0. The van der Waals surface area contributed by atoms with Crippen molar-refractivity contribution in [3.05, 3.63) is 66.5 Å². The fourth-order valence-electron chi connectivity index (χ4n) is 4.21. The molecule has 0 radical (unpaired) electrons. The standard InChI is InChI=1S/C24H27N7O2/c1-16(2)20-15-29-13-12-25-23(22(29)28-20)33-18-9-8-17(3)30(14-18)24(32)19-6-4-5-7-21(19)31-26-10-11-27-31/h4-7,10-13,15-18H,8-9,14H2,1-3H3/t17-,18-/m1/s1. The number of carbonyl (C=O) groups is 1. The molecule has 0 spiro atoms. The third-order valence-electron chi connectivity index (χ3n) is 6.10. The van der Waals surface area contributed by atoms with Gasteiger partial charge in [-0.05, 0) is 37.8 Å². The molecular formula is C24H27N7O2. The molecule has 1 aliphatic rings. The summed E-state index contributed by atoms with van der Waals surface area (Å²) in [5, 5.41) is 8.40. The molecule has 0 N–H and O–H groups in total. The van der Waals surface area contributed by atoms with Crippen molar-refractivity contribution in [3.63, 3.8) is 0 Å². The van der Waals surface area contributed by atoms with Gasteiger partial charge >= 0.3 is 0 Å². The molecule has 5 rings (SSSR count). The van der Waals surface area contributed by atoms with Crippen molar-refractivity contribution in [1.82, 2.24) is 34.3 Å². The summed E-state index contributed by atoms with van der Waals surface area (Å²) in [6.07, 6.45) is 10.3. The lowest BCUT2D eigenvalue weighted by Crippen LogP contribution is -2.49. The number of hydrogen-bond donors (Lipinski definition) is 0. The average Bonchev–Trinajstić information content (AvgIpc) is 3.51. The van der Waals surface area contributed by atoms with Crippen LogP contribution in [-0.2, 0) is 0 Å². The molecule has 4 aromatic rings. The van der Waals surface area contributed by atoms with E-state index in [0.29, 0.717) is 35.2 Å². The second kappa shape index (κ2) is 8.65. The molecule has 1 aromatic carbocycles. The predicted molar refractivity (Wildman–Crippen MR) is 123 cm³/mol. The minimum absolute atomic E-state index is 0.0576. The van der Waals surface area contributed by atoms with E-state index in [0.717, 1.165) is 18.5 Å². The highest BCUT2D eigenvalue weighted by Crippen LogP contribution is 2.27. The molecular weight excluding hydrogens is 418 g/mol. The molecule has 2 atom stereocenters. The van der Waals surface area contributed by atoms with Crippen molar-refractivity contribution in [2.45, 2.75) is 51.7 Å². The number of rotatable bonds is 5. The Hall–Kier alpha value is -3.75. The fraction of sp³-hybridized carbons (Fsp3) is 0.375. The third kappa shape index (κ3) is 4.06. The zero-order valence-corrected chi connectivity index (χ0v) is 19.0. The first kappa shape index (κ1) is 21.1. The van der Waals surface area contributed by atoms with Crippen LogP contribution in [-0.4, -0.2) is 58.9 Å². The molecule has 170 valence electrons. The molecule has 0 bridgehead atoms. The lowest BCUT2D eigenvalue weighted by Gasteiger charge is -2.38. The van der Waals surface area contributed by atoms with E-state index < -0.39 is 0 Å². The molecule has 0 aliphatic carbocycles. The quantitative estimate of drug-likeness (QED) is 0.467. The number of hydrogen-bond acceptors (Lipinski definition) is 6. The lowest BCUT2D eigenvalue weighted by molar-refractivity contribution is 0.0375. The first-order valence-corrected chi connectivity index (χ1v) is 11.3. The Kier molecular flexibility index (Phi) is 5.53. The minimum Gasteiger partial charge on any atom is -0.470 e. The van der Waals surface area contributed by atoms with E-state index in [1.54, 1.807) is 18.6 Å². The first-order valence-electron chi connectivity index (χ1n) is 11.3. The monoisotopic (exact) mass is 445 g/mol. The summed E-state index contributed by atoms with van der Waals surface area (Å²) in [6.45, 7) is 6.77. The Morgan fingerprint density at radius 2 is 1.91 bits per heavy atom. The summed E-state index contributed by atoms with van der Waals surface area (Å²) in [5.41, 5.74) is 2.92. The van der Waals surface area contributed by atoms with Crippen molar-refractivity contribution in [3.8, 4) is 11.6 Å². The van der Waals surface area contributed by atoms with Crippen LogP contribution in [0.4, 0.5) is 0 Å². The van der Waals surface area contributed by atoms with Crippen LogP contribution < -0.4 is 4.74 Å². The number of carbonyl (C=O) groups excluding carboxylic acids is 1. The third-order valence-corrected chi connectivity index (χ3v) is 6.10. The van der Waals surface area contributed by atoms with Crippen molar-refractivity contribution in [1.29, 1.82) is 0 Å². The molecule has 9 nitrogen and oxygen atoms in total. The maximum Gasteiger partial charge on any atom is 0.258 e. The number of para-hydroxylation sites is 1. The van der Waals surface area contributed by atoms with Crippen molar-refractivity contribution >= 4 is 11.6 Å². The molecule has 3 aromatic heterocycles. The molecule has 1 amide bonds. The van der Waals surface area contributed by atoms with E-state index in [9.17, 15) is 4.79 Å². The van der Waals surface area contributed by atoms with Crippen LogP contribution in [0, 0.1) is 0 Å². The van der Waals surface area contributed by atoms with Gasteiger partial charge in [0, 0.05) is 24.6 Å². The zero-order valence-electron chi connectivity index (χ0n) is 19.0. The molecule has 1 fully saturated rings. The highest BCUT2D eigenvalue weighted by Gasteiger charge is 2.32. The highest BCUT2D eigenvalue weighted by atomic mass is 16.5. The van der Waals surface area contributed by atoms with Crippen molar-refractivity contribution in [2.75, 3.05) is 6.54 Å². The topological polar surface area (TPSA) is 90.4 Å². The van der Waals surface area contributed by atoms with Gasteiger partial charge in [0.2, 0.25) is 5.65 Å². The Labute approximate surface area is 192 Å². The van der Waals surface area contributed by atoms with E-state index in [1.807, 2.05) is 46.0 Å². The number of ether oxygens (including phenoxy) is 1.